The third-order valence-electron chi connectivity index (χ3n) is 7.59. The number of halogens is 2. The molecule has 1 amide bonds. The predicted octanol–water partition coefficient (Wildman–Crippen LogP) is 5.00. The lowest BCUT2D eigenvalue weighted by Gasteiger charge is -2.41. The van der Waals surface area contributed by atoms with Gasteiger partial charge in [-0.05, 0) is 32.3 Å². The van der Waals surface area contributed by atoms with Crippen LogP contribution in [0.5, 0.6) is 0 Å². The van der Waals surface area contributed by atoms with Crippen molar-refractivity contribution >= 4 is 36.7 Å². The summed E-state index contributed by atoms with van der Waals surface area (Å²) >= 11 is 0. The molecule has 0 saturated carbocycles. The minimum absolute atomic E-state index is 0.0170. The normalized spacial score (nSPS) is 16.9. The van der Waals surface area contributed by atoms with Gasteiger partial charge in [0, 0.05) is 44.6 Å². The number of hydrogen-bond donors (Lipinski definition) is 0. The van der Waals surface area contributed by atoms with Crippen LogP contribution in [0.25, 0.3) is 11.0 Å². The Labute approximate surface area is 279 Å². The van der Waals surface area contributed by atoms with Crippen LogP contribution in [0, 0.1) is 28.4 Å². The number of benzene rings is 1. The molecule has 266 valence electrons. The van der Waals surface area contributed by atoms with Gasteiger partial charge in [-0.1, -0.05) is 20.8 Å². The summed E-state index contributed by atoms with van der Waals surface area (Å²) in [5, 5.41) is 9.38. The second-order valence-electron chi connectivity index (χ2n) is 13.7. The molecule has 3 heterocycles. The Bertz CT molecular complexity index is 1530. The summed E-state index contributed by atoms with van der Waals surface area (Å²) in [5.74, 6) is -2.61. The van der Waals surface area contributed by atoms with E-state index in [1.54, 1.807) is 36.2 Å². The first-order chi connectivity index (χ1) is 22.6. The van der Waals surface area contributed by atoms with Crippen molar-refractivity contribution in [3.63, 3.8) is 0 Å². The lowest BCUT2D eigenvalue weighted by atomic mass is 9.92. The number of carbonyl (C=O) groups excluding carboxylic acids is 2. The third kappa shape index (κ3) is 8.88. The molecular weight excluding hydrogens is 653 g/mol. The van der Waals surface area contributed by atoms with E-state index in [-0.39, 0.29) is 43.0 Å². The van der Waals surface area contributed by atoms with Crippen LogP contribution in [0.15, 0.2) is 6.07 Å². The highest BCUT2D eigenvalue weighted by Crippen LogP contribution is 2.54. The average Bonchev–Trinajstić information content (AvgIpc) is 3.45. The van der Waals surface area contributed by atoms with Gasteiger partial charge in [0.1, 0.15) is 17.1 Å². The zero-order valence-electron chi connectivity index (χ0n) is 28.4. The first-order valence-electron chi connectivity index (χ1n) is 15.9. The summed E-state index contributed by atoms with van der Waals surface area (Å²) < 4.78 is 76.8. The first kappa shape index (κ1) is 37.6. The molecular formula is C31H45F2N6O8P. The van der Waals surface area contributed by atoms with Crippen molar-refractivity contribution < 1.29 is 46.4 Å². The topological polar surface area (TPSA) is 149 Å². The molecule has 17 heteroatoms. The fourth-order valence-corrected chi connectivity index (χ4v) is 7.75. The van der Waals surface area contributed by atoms with E-state index < -0.39 is 54.6 Å². The molecule has 0 unspecified atom stereocenters. The Morgan fingerprint density at radius 2 is 1.58 bits per heavy atom. The van der Waals surface area contributed by atoms with E-state index in [1.807, 2.05) is 20.8 Å². The number of imidazole rings is 1. The van der Waals surface area contributed by atoms with E-state index in [2.05, 4.69) is 4.98 Å². The number of aromatic nitrogens is 2. The van der Waals surface area contributed by atoms with Crippen LogP contribution in [-0.2, 0) is 38.4 Å². The Kier molecular flexibility index (Phi) is 12.2. The number of fused-ring (bicyclic) bond motifs is 1. The molecule has 2 aliphatic heterocycles. The van der Waals surface area contributed by atoms with Gasteiger partial charge in [0.2, 0.25) is 11.9 Å². The van der Waals surface area contributed by atoms with Gasteiger partial charge < -0.3 is 28.0 Å². The number of hydrogen-bond acceptors (Lipinski definition) is 10. The maximum absolute atomic E-state index is 15.5. The van der Waals surface area contributed by atoms with Crippen molar-refractivity contribution in [3.8, 4) is 6.07 Å². The Hall–Kier alpha value is -3.19. The zero-order chi connectivity index (χ0) is 35.3. The molecule has 0 radical (unpaired) electrons. The molecule has 2 aliphatic rings. The van der Waals surface area contributed by atoms with Crippen LogP contribution < -0.4 is 4.90 Å². The number of anilines is 1. The summed E-state index contributed by atoms with van der Waals surface area (Å²) in [4.78, 5) is 31.6. The number of ether oxygens (including phenoxy) is 4. The maximum atomic E-state index is 15.5. The molecule has 14 nitrogen and oxygen atoms in total. The highest BCUT2D eigenvalue weighted by atomic mass is 31.2. The summed E-state index contributed by atoms with van der Waals surface area (Å²) in [6.07, 6.45) is -0.910. The molecule has 0 bridgehead atoms. The Morgan fingerprint density at radius 1 is 1.00 bits per heavy atom. The SMILES string of the molecule is CC(C)(C)CC(=O)N(COC(=O)OCCCOP(=O)(N1CCOCC1)N1CCOCC1)c1nc2c(F)cc(C#N)c(F)c2n1C(C)(C)C. The van der Waals surface area contributed by atoms with Crippen LogP contribution in [0.4, 0.5) is 19.5 Å². The molecule has 1 aromatic heterocycles. The number of carbonyl (C=O) groups is 2. The van der Waals surface area contributed by atoms with Crippen molar-refractivity contribution in [3.05, 3.63) is 23.3 Å². The summed E-state index contributed by atoms with van der Waals surface area (Å²) in [5.41, 5.74) is -2.63. The van der Waals surface area contributed by atoms with E-state index in [4.69, 9.17) is 23.5 Å². The molecule has 0 N–H and O–H groups in total. The first-order valence-corrected chi connectivity index (χ1v) is 17.4. The molecule has 0 atom stereocenters. The van der Waals surface area contributed by atoms with Gasteiger partial charge in [0.05, 0.1) is 45.2 Å². The molecule has 4 rings (SSSR count). The van der Waals surface area contributed by atoms with Crippen molar-refractivity contribution in [2.75, 3.05) is 77.5 Å². The summed E-state index contributed by atoms with van der Waals surface area (Å²) in [6, 6.07) is 2.40. The smallest absolute Gasteiger partial charge is 0.434 e. The second kappa shape index (κ2) is 15.6. The fourth-order valence-electron chi connectivity index (χ4n) is 5.36. The summed E-state index contributed by atoms with van der Waals surface area (Å²) in [7, 11) is -3.36. The highest BCUT2D eigenvalue weighted by Gasteiger charge is 2.40. The molecule has 2 aromatic rings. The van der Waals surface area contributed by atoms with E-state index in [0.717, 1.165) is 11.0 Å². The van der Waals surface area contributed by atoms with Gasteiger partial charge in [-0.3, -0.25) is 9.36 Å². The predicted molar refractivity (Wildman–Crippen MR) is 171 cm³/mol. The van der Waals surface area contributed by atoms with Gasteiger partial charge >= 0.3 is 13.8 Å². The van der Waals surface area contributed by atoms with Gasteiger partial charge in [0.25, 0.3) is 0 Å². The fraction of sp³-hybridized carbons (Fsp3) is 0.677. The molecule has 2 saturated heterocycles. The minimum atomic E-state index is -3.36. The molecule has 0 spiro atoms. The van der Waals surface area contributed by atoms with Crippen LogP contribution in [0.3, 0.4) is 0 Å². The van der Waals surface area contributed by atoms with Crippen LogP contribution in [0.1, 0.15) is 59.9 Å². The van der Waals surface area contributed by atoms with Crippen LogP contribution >= 0.6 is 7.67 Å². The van der Waals surface area contributed by atoms with Gasteiger partial charge in [-0.2, -0.15) is 5.26 Å². The zero-order valence-corrected chi connectivity index (χ0v) is 29.3. The molecule has 0 aliphatic carbocycles. The Morgan fingerprint density at radius 3 is 2.10 bits per heavy atom. The van der Waals surface area contributed by atoms with E-state index in [9.17, 15) is 19.4 Å². The van der Waals surface area contributed by atoms with E-state index in [1.165, 1.54) is 4.57 Å². The monoisotopic (exact) mass is 698 g/mol. The van der Waals surface area contributed by atoms with Crippen LogP contribution in [0.2, 0.25) is 0 Å². The van der Waals surface area contributed by atoms with Crippen molar-refractivity contribution in [2.24, 2.45) is 5.41 Å². The number of amides is 1. The molecule has 1 aromatic carbocycles. The summed E-state index contributed by atoms with van der Waals surface area (Å²) in [6.45, 7) is 13.5. The van der Waals surface area contributed by atoms with Gasteiger partial charge in [-0.15, -0.1) is 0 Å². The second-order valence-corrected chi connectivity index (χ2v) is 16.1. The quantitative estimate of drug-likeness (QED) is 0.135. The van der Waals surface area contributed by atoms with Crippen molar-refractivity contribution in [1.82, 2.24) is 18.9 Å². The van der Waals surface area contributed by atoms with Crippen molar-refractivity contribution in [1.29, 1.82) is 5.26 Å². The van der Waals surface area contributed by atoms with Crippen molar-refractivity contribution in [2.45, 2.75) is 59.9 Å². The maximum Gasteiger partial charge on any atom is 0.510 e. The van der Waals surface area contributed by atoms with Gasteiger partial charge in [-0.25, -0.2) is 32.8 Å². The molecule has 48 heavy (non-hydrogen) atoms. The van der Waals surface area contributed by atoms with Gasteiger partial charge in [0.15, 0.2) is 18.4 Å². The third-order valence-corrected chi connectivity index (χ3v) is 10.3. The number of rotatable bonds is 11. The standard InChI is InChI=1S/C31H45F2N6O8P/c1-30(2,3)19-24(40)38(28-35-26-23(32)18-22(20-34)25(33)27(26)39(28)31(4,5)6)21-46-29(41)45-12-7-13-47-48(42,36-8-14-43-15-9-36)37-10-16-44-17-11-37/h18H,7-17,19,21H2,1-6H3. The highest BCUT2D eigenvalue weighted by molar-refractivity contribution is 7.54. The van der Waals surface area contributed by atoms with E-state index in [0.29, 0.717) is 52.6 Å². The lowest BCUT2D eigenvalue weighted by Crippen LogP contribution is -2.43. The average molecular weight is 699 g/mol. The number of nitriles is 1. The number of morpholine rings is 2. The van der Waals surface area contributed by atoms with E-state index >= 15 is 8.78 Å². The largest absolute Gasteiger partial charge is 0.510 e. The minimum Gasteiger partial charge on any atom is -0.434 e. The molecule has 2 fully saturated rings. The van der Waals surface area contributed by atoms with Crippen LogP contribution in [-0.4, -0.2) is 104 Å². The Balaban J connectivity index is 1.46. The lowest BCUT2D eigenvalue weighted by molar-refractivity contribution is -0.121. The number of nitrogens with zero attached hydrogens (tertiary/aromatic N) is 6.